The molecule has 0 aromatic rings. The molecule has 0 aromatic carbocycles. The van der Waals surface area contributed by atoms with Crippen LogP contribution in [0.2, 0.25) is 0 Å². The normalized spacial score (nSPS) is 8.67. The molecule has 0 heterocycles. The summed E-state index contributed by atoms with van der Waals surface area (Å²) in [6.45, 7) is 2.88. The maximum atomic E-state index is 10.4. The molecule has 0 aliphatic carbocycles. The van der Waals surface area contributed by atoms with Gasteiger partial charge >= 0.3 is 6.09 Å². The molecule has 4 heteroatoms. The van der Waals surface area contributed by atoms with Crippen molar-refractivity contribution in [2.45, 2.75) is 6.92 Å². The zero-order valence-corrected chi connectivity index (χ0v) is 6.90. The molecule has 0 unspecified atom stereocenters. The van der Waals surface area contributed by atoms with Gasteiger partial charge in [0.25, 0.3) is 0 Å². The number of nitrogens with one attached hydrogen (secondary N) is 1. The van der Waals surface area contributed by atoms with Gasteiger partial charge in [0.1, 0.15) is 6.61 Å². The third-order valence-electron chi connectivity index (χ3n) is 0.631. The molecule has 0 aliphatic heterocycles. The summed E-state index contributed by atoms with van der Waals surface area (Å²) in [6, 6.07) is 0. The Bertz CT molecular complexity index is 87.0. The van der Waals surface area contributed by atoms with Crippen molar-refractivity contribution < 1.29 is 9.53 Å². The number of rotatable bonds is 3. The Hall–Kier alpha value is -0.250. The second-order valence-electron chi connectivity index (χ2n) is 1.36. The van der Waals surface area contributed by atoms with E-state index in [4.69, 9.17) is 0 Å². The number of hydrogen-bond acceptors (Lipinski definition) is 2. The molecule has 0 spiro atoms. The van der Waals surface area contributed by atoms with Crippen LogP contribution in [0.5, 0.6) is 0 Å². The van der Waals surface area contributed by atoms with Crippen LogP contribution in [-0.2, 0) is 4.74 Å². The largest absolute Gasteiger partial charge is 0.449 e. The number of halogens is 1. The van der Waals surface area contributed by atoms with E-state index in [1.165, 1.54) is 0 Å². The van der Waals surface area contributed by atoms with Crippen molar-refractivity contribution in [2.24, 2.45) is 0 Å². The van der Waals surface area contributed by atoms with E-state index >= 15 is 0 Å². The van der Waals surface area contributed by atoms with Gasteiger partial charge in [-0.2, -0.15) is 0 Å². The van der Waals surface area contributed by atoms with Crippen molar-refractivity contribution in [2.75, 3.05) is 18.5 Å². The van der Waals surface area contributed by atoms with Crippen LogP contribution >= 0.6 is 15.9 Å². The van der Waals surface area contributed by atoms with Gasteiger partial charge < -0.3 is 10.1 Å². The van der Waals surface area contributed by atoms with Crippen molar-refractivity contribution >= 4 is 22.0 Å². The standard InChI is InChI=1S/C5H10BrNO2/c1-2-7-5(8)9-4-3-6/h2-4H2,1H3,(H,7,8). The van der Waals surface area contributed by atoms with Crippen LogP contribution < -0.4 is 5.32 Å². The van der Waals surface area contributed by atoms with Gasteiger partial charge in [-0.25, -0.2) is 4.79 Å². The van der Waals surface area contributed by atoms with Gasteiger partial charge in [-0.05, 0) is 6.92 Å². The summed E-state index contributed by atoms with van der Waals surface area (Å²) < 4.78 is 4.63. The summed E-state index contributed by atoms with van der Waals surface area (Å²) in [4.78, 5) is 10.4. The quantitative estimate of drug-likeness (QED) is 0.687. The minimum atomic E-state index is -0.350. The van der Waals surface area contributed by atoms with Crippen LogP contribution in [0.4, 0.5) is 4.79 Å². The first-order valence-corrected chi connectivity index (χ1v) is 3.90. The van der Waals surface area contributed by atoms with E-state index in [0.29, 0.717) is 18.5 Å². The van der Waals surface area contributed by atoms with Crippen LogP contribution in [0.3, 0.4) is 0 Å². The highest BCUT2D eigenvalue weighted by Gasteiger charge is 1.95. The maximum absolute atomic E-state index is 10.4. The SMILES string of the molecule is CCNC(=O)OCCBr. The zero-order chi connectivity index (χ0) is 7.11. The summed E-state index contributed by atoms with van der Waals surface area (Å²) in [5.74, 6) is 0. The Balaban J connectivity index is 3.06. The van der Waals surface area contributed by atoms with Gasteiger partial charge in [0.05, 0.1) is 0 Å². The van der Waals surface area contributed by atoms with E-state index in [-0.39, 0.29) is 6.09 Å². The van der Waals surface area contributed by atoms with Crippen molar-refractivity contribution in [3.05, 3.63) is 0 Å². The number of carbonyl (C=O) groups excluding carboxylic acids is 1. The van der Waals surface area contributed by atoms with Crippen molar-refractivity contribution in [3.8, 4) is 0 Å². The molecule has 0 saturated carbocycles. The summed E-state index contributed by atoms with van der Waals surface area (Å²) in [7, 11) is 0. The number of alkyl halides is 1. The highest BCUT2D eigenvalue weighted by atomic mass is 79.9. The smallest absolute Gasteiger partial charge is 0.407 e. The topological polar surface area (TPSA) is 38.3 Å². The molecule has 1 amide bonds. The predicted octanol–water partition coefficient (Wildman–Crippen LogP) is 1.13. The molecule has 0 saturated heterocycles. The maximum Gasteiger partial charge on any atom is 0.407 e. The first kappa shape index (κ1) is 8.75. The number of ether oxygens (including phenoxy) is 1. The molecule has 0 bridgehead atoms. The highest BCUT2D eigenvalue weighted by molar-refractivity contribution is 9.09. The third-order valence-corrected chi connectivity index (χ3v) is 0.955. The molecule has 54 valence electrons. The highest BCUT2D eigenvalue weighted by Crippen LogP contribution is 1.81. The lowest BCUT2D eigenvalue weighted by Gasteiger charge is -2.00. The average molecular weight is 196 g/mol. The summed E-state index contributed by atoms with van der Waals surface area (Å²) in [5, 5.41) is 3.18. The van der Waals surface area contributed by atoms with Gasteiger partial charge in [-0.1, -0.05) is 15.9 Å². The fourth-order valence-electron chi connectivity index (χ4n) is 0.327. The summed E-state index contributed by atoms with van der Waals surface area (Å²) >= 11 is 3.12. The molecule has 1 N–H and O–H groups in total. The minimum Gasteiger partial charge on any atom is -0.449 e. The van der Waals surface area contributed by atoms with E-state index in [2.05, 4.69) is 26.0 Å². The monoisotopic (exact) mass is 195 g/mol. The molecule has 0 radical (unpaired) electrons. The van der Waals surface area contributed by atoms with E-state index in [0.717, 1.165) is 0 Å². The van der Waals surface area contributed by atoms with Crippen molar-refractivity contribution in [3.63, 3.8) is 0 Å². The van der Waals surface area contributed by atoms with E-state index < -0.39 is 0 Å². The van der Waals surface area contributed by atoms with E-state index in [1.54, 1.807) is 0 Å². The van der Waals surface area contributed by atoms with Crippen molar-refractivity contribution in [1.29, 1.82) is 0 Å². The van der Waals surface area contributed by atoms with Crippen LogP contribution in [0, 0.1) is 0 Å². The lowest BCUT2D eigenvalue weighted by molar-refractivity contribution is 0.154. The first-order valence-electron chi connectivity index (χ1n) is 2.77. The fraction of sp³-hybridized carbons (Fsp3) is 0.800. The summed E-state index contributed by atoms with van der Waals surface area (Å²) in [6.07, 6.45) is -0.350. The Morgan fingerprint density at radius 3 is 2.89 bits per heavy atom. The molecular formula is C5H10BrNO2. The number of hydrogen-bond donors (Lipinski definition) is 1. The second kappa shape index (κ2) is 5.88. The van der Waals surface area contributed by atoms with E-state index in [1.807, 2.05) is 6.92 Å². The van der Waals surface area contributed by atoms with Crippen LogP contribution in [0.25, 0.3) is 0 Å². The molecule has 0 fully saturated rings. The molecule has 3 nitrogen and oxygen atoms in total. The Labute approximate surface area is 62.9 Å². The Morgan fingerprint density at radius 2 is 2.44 bits per heavy atom. The molecule has 0 atom stereocenters. The minimum absolute atomic E-state index is 0.350. The first-order chi connectivity index (χ1) is 4.31. The van der Waals surface area contributed by atoms with Gasteiger partial charge in [0, 0.05) is 11.9 Å². The van der Waals surface area contributed by atoms with Gasteiger partial charge in [-0.15, -0.1) is 0 Å². The average Bonchev–Trinajstić information content (AvgIpc) is 1.85. The fourth-order valence-corrected chi connectivity index (χ4v) is 0.489. The lowest BCUT2D eigenvalue weighted by atomic mass is 10.7. The van der Waals surface area contributed by atoms with Gasteiger partial charge in [-0.3, -0.25) is 0 Å². The number of carbonyl (C=O) groups is 1. The number of alkyl carbamates (subject to hydrolysis) is 1. The van der Waals surface area contributed by atoms with Crippen molar-refractivity contribution in [1.82, 2.24) is 5.32 Å². The molecule has 9 heavy (non-hydrogen) atoms. The van der Waals surface area contributed by atoms with Gasteiger partial charge in [0.2, 0.25) is 0 Å². The lowest BCUT2D eigenvalue weighted by Crippen LogP contribution is -2.24. The van der Waals surface area contributed by atoms with Gasteiger partial charge in [0.15, 0.2) is 0 Å². The van der Waals surface area contributed by atoms with Crippen LogP contribution in [0.1, 0.15) is 6.92 Å². The second-order valence-corrected chi connectivity index (χ2v) is 2.15. The molecule has 0 aliphatic rings. The van der Waals surface area contributed by atoms with Crippen LogP contribution in [0.15, 0.2) is 0 Å². The molecular weight excluding hydrogens is 186 g/mol. The molecule has 0 rings (SSSR count). The number of amides is 1. The molecule has 0 aromatic heterocycles. The van der Waals surface area contributed by atoms with Crippen LogP contribution in [-0.4, -0.2) is 24.6 Å². The summed E-state index contributed by atoms with van der Waals surface area (Å²) in [5.41, 5.74) is 0. The zero-order valence-electron chi connectivity index (χ0n) is 5.32. The predicted molar refractivity (Wildman–Crippen MR) is 38.8 cm³/mol. The van der Waals surface area contributed by atoms with E-state index in [9.17, 15) is 4.79 Å². The Kier molecular flexibility index (Phi) is 5.72. The Morgan fingerprint density at radius 1 is 1.78 bits per heavy atom. The third kappa shape index (κ3) is 5.62.